The van der Waals surface area contributed by atoms with Gasteiger partial charge in [0.05, 0.1) is 30.1 Å². The van der Waals surface area contributed by atoms with Gasteiger partial charge in [-0.3, -0.25) is 4.99 Å². The third-order valence-corrected chi connectivity index (χ3v) is 4.49. The molecule has 6 nitrogen and oxygen atoms in total. The van der Waals surface area contributed by atoms with Crippen molar-refractivity contribution in [1.29, 1.82) is 0 Å². The van der Waals surface area contributed by atoms with Crippen molar-refractivity contribution in [2.75, 3.05) is 20.7 Å². The number of pyridine rings is 1. The fourth-order valence-electron chi connectivity index (χ4n) is 2.00. The van der Waals surface area contributed by atoms with Crippen LogP contribution in [0, 0.1) is 13.8 Å². The van der Waals surface area contributed by atoms with Crippen molar-refractivity contribution in [2.24, 2.45) is 4.99 Å². The van der Waals surface area contributed by atoms with E-state index in [1.807, 2.05) is 25.1 Å². The zero-order chi connectivity index (χ0) is 16.7. The van der Waals surface area contributed by atoms with Crippen LogP contribution in [0.15, 0.2) is 23.2 Å². The van der Waals surface area contributed by atoms with E-state index in [0.29, 0.717) is 12.4 Å². The number of halogens is 1. The van der Waals surface area contributed by atoms with Crippen LogP contribution in [0.4, 0.5) is 0 Å². The highest BCUT2D eigenvalue weighted by atomic mass is 127. The van der Waals surface area contributed by atoms with Crippen LogP contribution >= 0.6 is 35.3 Å². The molecule has 0 saturated carbocycles. The second-order valence-corrected chi connectivity index (χ2v) is 6.31. The first-order valence-electron chi connectivity index (χ1n) is 7.49. The smallest absolute Gasteiger partial charge is 0.213 e. The van der Waals surface area contributed by atoms with Crippen molar-refractivity contribution in [3.8, 4) is 5.88 Å². The van der Waals surface area contributed by atoms with E-state index in [4.69, 9.17) is 4.74 Å². The normalized spacial score (nSPS) is 10.9. The molecule has 0 saturated heterocycles. The Morgan fingerprint density at radius 3 is 2.67 bits per heavy atom. The summed E-state index contributed by atoms with van der Waals surface area (Å²) in [4.78, 5) is 14.4. The molecule has 0 aliphatic rings. The monoisotopic (exact) mass is 461 g/mol. The predicted molar refractivity (Wildman–Crippen MR) is 110 cm³/mol. The minimum absolute atomic E-state index is 0. The molecule has 2 heterocycles. The van der Waals surface area contributed by atoms with Gasteiger partial charge in [0.1, 0.15) is 0 Å². The van der Waals surface area contributed by atoms with Crippen LogP contribution in [0.3, 0.4) is 0 Å². The molecule has 0 radical (unpaired) electrons. The molecular weight excluding hydrogens is 437 g/mol. The van der Waals surface area contributed by atoms with E-state index in [2.05, 4.69) is 32.5 Å². The lowest BCUT2D eigenvalue weighted by molar-refractivity contribution is 0.396. The maximum absolute atomic E-state index is 5.12. The van der Waals surface area contributed by atoms with Crippen LogP contribution in [0.5, 0.6) is 5.88 Å². The van der Waals surface area contributed by atoms with Gasteiger partial charge in [-0.15, -0.1) is 35.3 Å². The summed E-state index contributed by atoms with van der Waals surface area (Å²) in [6.45, 7) is 5.53. The van der Waals surface area contributed by atoms with Gasteiger partial charge in [0, 0.05) is 31.0 Å². The Hall–Kier alpha value is -1.42. The van der Waals surface area contributed by atoms with Gasteiger partial charge in [-0.25, -0.2) is 9.97 Å². The van der Waals surface area contributed by atoms with Crippen molar-refractivity contribution in [1.82, 2.24) is 20.6 Å². The molecule has 2 N–H and O–H groups in total. The van der Waals surface area contributed by atoms with E-state index in [0.717, 1.165) is 35.3 Å². The Morgan fingerprint density at radius 1 is 1.25 bits per heavy atom. The zero-order valence-corrected chi connectivity index (χ0v) is 17.6. The quantitative estimate of drug-likeness (QED) is 0.393. The Bertz CT molecular complexity index is 655. The molecule has 24 heavy (non-hydrogen) atoms. The molecule has 2 rings (SSSR count). The Balaban J connectivity index is 0.00000288. The topological polar surface area (TPSA) is 71.4 Å². The number of aryl methyl sites for hydroxylation is 2. The number of nitrogens with zero attached hydrogens (tertiary/aromatic N) is 3. The number of rotatable bonds is 6. The molecule has 2 aromatic rings. The number of aliphatic imine (C=N–C) groups is 1. The first kappa shape index (κ1) is 20.6. The number of hydrogen-bond acceptors (Lipinski definition) is 5. The summed E-state index contributed by atoms with van der Waals surface area (Å²) in [5.74, 6) is 1.36. The summed E-state index contributed by atoms with van der Waals surface area (Å²) in [6.07, 6.45) is 0.886. The van der Waals surface area contributed by atoms with E-state index in [-0.39, 0.29) is 24.0 Å². The van der Waals surface area contributed by atoms with Gasteiger partial charge in [0.15, 0.2) is 5.96 Å². The summed E-state index contributed by atoms with van der Waals surface area (Å²) >= 11 is 1.75. The maximum Gasteiger partial charge on any atom is 0.213 e. The summed E-state index contributed by atoms with van der Waals surface area (Å²) in [6, 6.07) is 5.70. The van der Waals surface area contributed by atoms with Gasteiger partial charge in [-0.05, 0) is 19.9 Å². The fourth-order valence-corrected chi connectivity index (χ4v) is 2.93. The van der Waals surface area contributed by atoms with E-state index < -0.39 is 0 Å². The Morgan fingerprint density at radius 2 is 2.04 bits per heavy atom. The standard InChI is InChI=1S/C16H23N5OS.HI/c1-11-12(2)23-15(20-11)8-9-18-16(17-3)19-10-13-6-5-7-14(21-13)22-4;/h5-7H,8-10H2,1-4H3,(H2,17,18,19);1H. The molecule has 0 bridgehead atoms. The lowest BCUT2D eigenvalue weighted by Crippen LogP contribution is -2.38. The van der Waals surface area contributed by atoms with Crippen LogP contribution in [0.2, 0.25) is 0 Å². The summed E-state index contributed by atoms with van der Waals surface area (Å²) in [5.41, 5.74) is 2.02. The average Bonchev–Trinajstić information content (AvgIpc) is 2.89. The van der Waals surface area contributed by atoms with Crippen molar-refractivity contribution in [2.45, 2.75) is 26.8 Å². The van der Waals surface area contributed by atoms with Crippen LogP contribution < -0.4 is 15.4 Å². The third-order valence-electron chi connectivity index (χ3n) is 3.36. The molecule has 132 valence electrons. The van der Waals surface area contributed by atoms with Gasteiger partial charge in [0.25, 0.3) is 0 Å². The van der Waals surface area contributed by atoms with Crippen molar-refractivity contribution >= 4 is 41.3 Å². The van der Waals surface area contributed by atoms with Gasteiger partial charge >= 0.3 is 0 Å². The summed E-state index contributed by atoms with van der Waals surface area (Å²) < 4.78 is 5.12. The molecule has 0 aliphatic carbocycles. The Labute approximate surface area is 164 Å². The fraction of sp³-hybridized carbons (Fsp3) is 0.438. The van der Waals surface area contributed by atoms with E-state index in [1.54, 1.807) is 25.5 Å². The number of hydrogen-bond donors (Lipinski definition) is 2. The minimum Gasteiger partial charge on any atom is -0.481 e. The number of guanidine groups is 1. The molecule has 0 amide bonds. The lowest BCUT2D eigenvalue weighted by atomic mass is 10.3. The number of thiazole rings is 1. The van der Waals surface area contributed by atoms with Crippen molar-refractivity contribution in [3.63, 3.8) is 0 Å². The number of nitrogens with one attached hydrogen (secondary N) is 2. The van der Waals surface area contributed by atoms with Crippen LogP contribution in [-0.2, 0) is 13.0 Å². The van der Waals surface area contributed by atoms with Gasteiger partial charge in [0.2, 0.25) is 5.88 Å². The van der Waals surface area contributed by atoms with Crippen molar-refractivity contribution < 1.29 is 4.74 Å². The number of aromatic nitrogens is 2. The van der Waals surface area contributed by atoms with E-state index in [9.17, 15) is 0 Å². The van der Waals surface area contributed by atoms with Crippen molar-refractivity contribution in [3.05, 3.63) is 39.5 Å². The summed E-state index contributed by atoms with van der Waals surface area (Å²) in [5, 5.41) is 7.69. The molecule has 0 spiro atoms. The lowest BCUT2D eigenvalue weighted by Gasteiger charge is -2.11. The molecule has 0 aromatic carbocycles. The van der Waals surface area contributed by atoms with Crippen LogP contribution in [0.1, 0.15) is 21.3 Å². The molecule has 0 aliphatic heterocycles. The maximum atomic E-state index is 5.12. The first-order chi connectivity index (χ1) is 11.1. The van der Waals surface area contributed by atoms with E-state index in [1.165, 1.54) is 4.88 Å². The second-order valence-electron chi connectivity index (χ2n) is 5.02. The van der Waals surface area contributed by atoms with Crippen LogP contribution in [0.25, 0.3) is 0 Å². The summed E-state index contributed by atoms with van der Waals surface area (Å²) in [7, 11) is 3.37. The second kappa shape index (κ2) is 10.4. The zero-order valence-electron chi connectivity index (χ0n) is 14.4. The van der Waals surface area contributed by atoms with Gasteiger partial charge < -0.3 is 15.4 Å². The number of ether oxygens (including phenoxy) is 1. The molecule has 0 fully saturated rings. The SMILES string of the molecule is CN=C(NCCc1nc(C)c(C)s1)NCc1cccc(OC)n1.I. The first-order valence-corrected chi connectivity index (χ1v) is 8.31. The average molecular weight is 461 g/mol. The molecule has 0 atom stereocenters. The molecule has 0 unspecified atom stereocenters. The molecular formula is C16H24IN5OS. The highest BCUT2D eigenvalue weighted by Gasteiger charge is 2.04. The third kappa shape index (κ3) is 6.23. The Kier molecular flexibility index (Phi) is 8.98. The predicted octanol–water partition coefficient (Wildman–Crippen LogP) is 2.69. The van der Waals surface area contributed by atoms with Crippen LogP contribution in [-0.4, -0.2) is 36.6 Å². The highest BCUT2D eigenvalue weighted by Crippen LogP contribution is 2.16. The van der Waals surface area contributed by atoms with Gasteiger partial charge in [-0.2, -0.15) is 0 Å². The highest BCUT2D eigenvalue weighted by molar-refractivity contribution is 14.0. The minimum atomic E-state index is 0. The number of methoxy groups -OCH3 is 1. The molecule has 8 heteroatoms. The van der Waals surface area contributed by atoms with E-state index >= 15 is 0 Å². The largest absolute Gasteiger partial charge is 0.481 e. The van der Waals surface area contributed by atoms with Gasteiger partial charge in [-0.1, -0.05) is 6.07 Å². The molecule has 2 aromatic heterocycles.